The van der Waals surface area contributed by atoms with Crippen LogP contribution < -0.4 is 10.2 Å². The summed E-state index contributed by atoms with van der Waals surface area (Å²) >= 11 is 3.41. The SMILES string of the molecule is CN1C(=O)[C@H](NC(=O)n2cc(Cc3cccc(C(F)(F)F)n3)cn2)CCc2ccc(Br)cc21. The highest BCUT2D eigenvalue weighted by Gasteiger charge is 2.32. The average Bonchev–Trinajstić information content (AvgIpc) is 3.20. The van der Waals surface area contributed by atoms with E-state index in [2.05, 4.69) is 31.3 Å². The van der Waals surface area contributed by atoms with E-state index in [1.165, 1.54) is 29.4 Å². The Morgan fingerprint density at radius 2 is 2.06 bits per heavy atom. The summed E-state index contributed by atoms with van der Waals surface area (Å²) in [5.74, 6) is -0.249. The standard InChI is InChI=1S/C22H19BrF3N5O2/c1-30-18-10-15(23)7-5-14(18)6-8-17(20(30)32)29-21(33)31-12-13(11-27-31)9-16-3-2-4-19(28-16)22(24,25)26/h2-5,7,10-12,17H,6,8-9H2,1H3,(H,29,33)/t17-/m1/s1. The quantitative estimate of drug-likeness (QED) is 0.560. The Balaban J connectivity index is 1.44. The average molecular weight is 522 g/mol. The molecule has 3 heterocycles. The molecule has 3 aromatic rings. The smallest absolute Gasteiger partial charge is 0.324 e. The maximum Gasteiger partial charge on any atom is 0.433 e. The topological polar surface area (TPSA) is 80.1 Å². The minimum Gasteiger partial charge on any atom is -0.324 e. The van der Waals surface area contributed by atoms with Crippen molar-refractivity contribution in [2.24, 2.45) is 0 Å². The van der Waals surface area contributed by atoms with E-state index in [0.717, 1.165) is 26.5 Å². The van der Waals surface area contributed by atoms with Gasteiger partial charge in [0.25, 0.3) is 0 Å². The number of aromatic nitrogens is 3. The summed E-state index contributed by atoms with van der Waals surface area (Å²) < 4.78 is 40.5. The van der Waals surface area contributed by atoms with Crippen molar-refractivity contribution in [3.05, 3.63) is 75.8 Å². The summed E-state index contributed by atoms with van der Waals surface area (Å²) in [4.78, 5) is 30.8. The van der Waals surface area contributed by atoms with Crippen molar-refractivity contribution in [1.82, 2.24) is 20.1 Å². The summed E-state index contributed by atoms with van der Waals surface area (Å²) in [5, 5.41) is 6.70. The number of hydrogen-bond donors (Lipinski definition) is 1. The van der Waals surface area contributed by atoms with Gasteiger partial charge in [0.1, 0.15) is 11.7 Å². The zero-order valence-corrected chi connectivity index (χ0v) is 19.0. The van der Waals surface area contributed by atoms with Gasteiger partial charge in [-0.15, -0.1) is 0 Å². The van der Waals surface area contributed by atoms with Gasteiger partial charge >= 0.3 is 12.2 Å². The van der Waals surface area contributed by atoms with Gasteiger partial charge in [-0.3, -0.25) is 4.79 Å². The highest BCUT2D eigenvalue weighted by Crippen LogP contribution is 2.29. The Labute approximate surface area is 195 Å². The van der Waals surface area contributed by atoms with Gasteiger partial charge in [0.05, 0.1) is 6.20 Å². The molecular formula is C22H19BrF3N5O2. The maximum absolute atomic E-state index is 12.9. The van der Waals surface area contributed by atoms with Gasteiger partial charge in [-0.2, -0.15) is 23.0 Å². The molecule has 0 saturated carbocycles. The first kappa shape index (κ1) is 23.0. The van der Waals surface area contributed by atoms with Crippen molar-refractivity contribution >= 4 is 33.6 Å². The molecule has 1 aliphatic heterocycles. The van der Waals surface area contributed by atoms with Crippen LogP contribution in [-0.4, -0.2) is 39.8 Å². The number of rotatable bonds is 3. The molecule has 0 bridgehead atoms. The monoisotopic (exact) mass is 521 g/mol. The maximum atomic E-state index is 12.9. The zero-order valence-electron chi connectivity index (χ0n) is 17.4. The largest absolute Gasteiger partial charge is 0.433 e. The minimum atomic E-state index is -4.53. The van der Waals surface area contributed by atoms with E-state index in [-0.39, 0.29) is 18.0 Å². The molecule has 11 heteroatoms. The van der Waals surface area contributed by atoms with E-state index in [9.17, 15) is 22.8 Å². The lowest BCUT2D eigenvalue weighted by molar-refractivity contribution is -0.141. The predicted molar refractivity (Wildman–Crippen MR) is 118 cm³/mol. The van der Waals surface area contributed by atoms with E-state index < -0.39 is 23.9 Å². The normalized spacial score (nSPS) is 16.3. The molecule has 33 heavy (non-hydrogen) atoms. The number of benzene rings is 1. The second-order valence-corrected chi connectivity index (χ2v) is 8.61. The van der Waals surface area contributed by atoms with Crippen LogP contribution in [0.1, 0.15) is 28.9 Å². The van der Waals surface area contributed by atoms with Crippen LogP contribution in [0.3, 0.4) is 0 Å². The van der Waals surface area contributed by atoms with Crippen molar-refractivity contribution in [3.8, 4) is 0 Å². The Morgan fingerprint density at radius 3 is 2.82 bits per heavy atom. The number of nitrogens with zero attached hydrogens (tertiary/aromatic N) is 4. The number of carbonyl (C=O) groups is 2. The van der Waals surface area contributed by atoms with E-state index >= 15 is 0 Å². The highest BCUT2D eigenvalue weighted by molar-refractivity contribution is 9.10. The zero-order chi connectivity index (χ0) is 23.8. The number of amides is 2. The van der Waals surface area contributed by atoms with Gasteiger partial charge in [-0.1, -0.05) is 28.1 Å². The van der Waals surface area contributed by atoms with Crippen LogP contribution in [-0.2, 0) is 23.8 Å². The van der Waals surface area contributed by atoms with E-state index in [1.807, 2.05) is 18.2 Å². The molecule has 0 spiro atoms. The van der Waals surface area contributed by atoms with Crippen molar-refractivity contribution in [1.29, 1.82) is 0 Å². The first-order chi connectivity index (χ1) is 15.6. The molecule has 172 valence electrons. The Hall–Kier alpha value is -3.21. The molecule has 0 aliphatic carbocycles. The molecule has 1 aliphatic rings. The molecule has 0 unspecified atom stereocenters. The summed E-state index contributed by atoms with van der Waals surface area (Å²) in [6.07, 6.45) is -0.633. The van der Waals surface area contributed by atoms with Gasteiger partial charge in [0, 0.05) is 35.5 Å². The highest BCUT2D eigenvalue weighted by atomic mass is 79.9. The molecule has 2 aromatic heterocycles. The summed E-state index contributed by atoms with van der Waals surface area (Å²) in [7, 11) is 1.66. The lowest BCUT2D eigenvalue weighted by atomic mass is 10.1. The number of halogens is 4. The van der Waals surface area contributed by atoms with Gasteiger partial charge < -0.3 is 10.2 Å². The number of likely N-dealkylation sites (N-methyl/N-ethyl adjacent to an activating group) is 1. The molecule has 1 atom stereocenters. The van der Waals surface area contributed by atoms with Gasteiger partial charge in [0.15, 0.2) is 0 Å². The van der Waals surface area contributed by atoms with Crippen LogP contribution in [0.2, 0.25) is 0 Å². The molecule has 4 rings (SSSR count). The predicted octanol–water partition coefficient (Wildman–Crippen LogP) is 4.19. The molecule has 7 nitrogen and oxygen atoms in total. The van der Waals surface area contributed by atoms with E-state index in [0.29, 0.717) is 18.4 Å². The van der Waals surface area contributed by atoms with Crippen LogP contribution in [0.25, 0.3) is 0 Å². The van der Waals surface area contributed by atoms with Crippen molar-refractivity contribution in [2.45, 2.75) is 31.5 Å². The summed E-state index contributed by atoms with van der Waals surface area (Å²) in [5.41, 5.74) is 1.52. The molecule has 0 saturated heterocycles. The van der Waals surface area contributed by atoms with E-state index in [4.69, 9.17) is 0 Å². The number of hydrogen-bond acceptors (Lipinski definition) is 4. The third kappa shape index (κ3) is 5.08. The summed E-state index contributed by atoms with van der Waals surface area (Å²) in [6, 6.07) is 8.02. The molecular weight excluding hydrogens is 503 g/mol. The van der Waals surface area contributed by atoms with Crippen molar-refractivity contribution < 1.29 is 22.8 Å². The molecule has 1 aromatic carbocycles. The van der Waals surface area contributed by atoms with Crippen LogP contribution in [0.5, 0.6) is 0 Å². The third-order valence-corrected chi connectivity index (χ3v) is 5.86. The number of alkyl halides is 3. The second-order valence-electron chi connectivity index (χ2n) is 7.69. The fraction of sp³-hybridized carbons (Fsp3) is 0.273. The number of aryl methyl sites for hydroxylation is 1. The van der Waals surface area contributed by atoms with Gasteiger partial charge in [-0.05, 0) is 48.2 Å². The number of pyridine rings is 1. The van der Waals surface area contributed by atoms with Gasteiger partial charge in [0.2, 0.25) is 5.91 Å². The molecule has 2 amide bonds. The fourth-order valence-electron chi connectivity index (χ4n) is 3.69. The minimum absolute atomic E-state index is 0.0759. The summed E-state index contributed by atoms with van der Waals surface area (Å²) in [6.45, 7) is 0. The second kappa shape index (κ2) is 8.97. The lowest BCUT2D eigenvalue weighted by Crippen LogP contribution is -2.48. The number of fused-ring (bicyclic) bond motifs is 1. The first-order valence-electron chi connectivity index (χ1n) is 10.1. The van der Waals surface area contributed by atoms with Crippen molar-refractivity contribution in [3.63, 3.8) is 0 Å². The molecule has 0 fully saturated rings. The first-order valence-corrected chi connectivity index (χ1v) is 10.8. The molecule has 0 radical (unpaired) electrons. The Kier molecular flexibility index (Phi) is 6.24. The third-order valence-electron chi connectivity index (χ3n) is 5.36. The van der Waals surface area contributed by atoms with Gasteiger partial charge in [-0.25, -0.2) is 9.78 Å². The van der Waals surface area contributed by atoms with Crippen LogP contribution in [0.4, 0.5) is 23.7 Å². The van der Waals surface area contributed by atoms with Crippen molar-refractivity contribution in [2.75, 3.05) is 11.9 Å². The fourth-order valence-corrected chi connectivity index (χ4v) is 4.04. The number of nitrogens with one attached hydrogen (secondary N) is 1. The number of anilines is 1. The van der Waals surface area contributed by atoms with E-state index in [1.54, 1.807) is 7.05 Å². The van der Waals surface area contributed by atoms with Crippen LogP contribution >= 0.6 is 15.9 Å². The number of carbonyl (C=O) groups excluding carboxylic acids is 2. The lowest BCUT2D eigenvalue weighted by Gasteiger charge is -2.22. The molecule has 1 N–H and O–H groups in total. The Morgan fingerprint density at radius 1 is 1.27 bits per heavy atom. The van der Waals surface area contributed by atoms with Crippen LogP contribution in [0.15, 0.2) is 53.3 Å². The van der Waals surface area contributed by atoms with Crippen LogP contribution in [0, 0.1) is 0 Å². The Bertz CT molecular complexity index is 1210.